The van der Waals surface area contributed by atoms with Crippen LogP contribution in [0.25, 0.3) is 0 Å². The number of nitrogens with zero attached hydrogens (tertiary/aromatic N) is 2. The Morgan fingerprint density at radius 2 is 1.96 bits per heavy atom. The van der Waals surface area contributed by atoms with Crippen LogP contribution in [0.3, 0.4) is 0 Å². The first-order valence-electron chi connectivity index (χ1n) is 7.56. The molecule has 0 spiro atoms. The zero-order chi connectivity index (χ0) is 16.9. The van der Waals surface area contributed by atoms with Gasteiger partial charge in [0.25, 0.3) is 11.5 Å². The molecule has 0 aliphatic rings. The number of nitrogens with one attached hydrogen (secondary N) is 1. The monoisotopic (exact) mass is 339 g/mol. The molecule has 0 aliphatic carbocycles. The number of pyridine rings is 1. The standard InChI is InChI=1S/C18H17N3O2S/c1-13-17(24-12-19-13)18(23)20-15(14-7-3-2-4-8-14)11-21-10-6-5-9-16(21)22/h2-10,12,15H,11H2,1H3,(H,20,23). The molecule has 3 aromatic rings. The summed E-state index contributed by atoms with van der Waals surface area (Å²) in [4.78, 5) is 29.3. The number of thiazole rings is 1. The predicted molar refractivity (Wildman–Crippen MR) is 94.2 cm³/mol. The molecule has 0 aliphatic heterocycles. The SMILES string of the molecule is Cc1ncsc1C(=O)NC(Cn1ccccc1=O)c1ccccc1. The zero-order valence-electron chi connectivity index (χ0n) is 13.2. The fourth-order valence-electron chi connectivity index (χ4n) is 2.47. The van der Waals surface area contributed by atoms with E-state index in [0.717, 1.165) is 5.56 Å². The molecule has 2 aromatic heterocycles. The van der Waals surface area contributed by atoms with Gasteiger partial charge in [0.1, 0.15) is 4.88 Å². The minimum atomic E-state index is -0.305. The summed E-state index contributed by atoms with van der Waals surface area (Å²) in [5.41, 5.74) is 3.22. The molecular weight excluding hydrogens is 322 g/mol. The second-order valence-corrected chi connectivity index (χ2v) is 6.25. The Morgan fingerprint density at radius 1 is 1.21 bits per heavy atom. The smallest absolute Gasteiger partial charge is 0.263 e. The summed E-state index contributed by atoms with van der Waals surface area (Å²) < 4.78 is 1.59. The first-order valence-corrected chi connectivity index (χ1v) is 8.44. The molecule has 0 saturated heterocycles. The van der Waals surface area contributed by atoms with Crippen LogP contribution in [0.5, 0.6) is 0 Å². The van der Waals surface area contributed by atoms with Gasteiger partial charge in [-0.15, -0.1) is 11.3 Å². The number of rotatable bonds is 5. The van der Waals surface area contributed by atoms with Gasteiger partial charge in [-0.25, -0.2) is 4.98 Å². The quantitative estimate of drug-likeness (QED) is 0.777. The van der Waals surface area contributed by atoms with E-state index in [1.807, 2.05) is 37.3 Å². The van der Waals surface area contributed by atoms with Crippen LogP contribution < -0.4 is 10.9 Å². The highest BCUT2D eigenvalue weighted by Gasteiger charge is 2.19. The number of aryl methyl sites for hydroxylation is 1. The summed E-state index contributed by atoms with van der Waals surface area (Å²) in [5, 5.41) is 3.02. The lowest BCUT2D eigenvalue weighted by molar-refractivity contribution is 0.0935. The number of carbonyl (C=O) groups excluding carboxylic acids is 1. The summed E-state index contributed by atoms with van der Waals surface area (Å²) in [6, 6.07) is 14.4. The second kappa shape index (κ2) is 7.23. The normalized spacial score (nSPS) is 11.9. The molecule has 24 heavy (non-hydrogen) atoms. The van der Waals surface area contributed by atoms with Crippen LogP contribution in [0.15, 0.2) is 65.0 Å². The van der Waals surface area contributed by atoms with Crippen LogP contribution in [-0.2, 0) is 6.54 Å². The van der Waals surface area contributed by atoms with Crippen molar-refractivity contribution in [1.29, 1.82) is 0 Å². The molecular formula is C18H17N3O2S. The molecule has 122 valence electrons. The first kappa shape index (κ1) is 16.1. The molecule has 3 rings (SSSR count). The minimum absolute atomic E-state index is 0.0957. The van der Waals surface area contributed by atoms with Crippen molar-refractivity contribution in [3.63, 3.8) is 0 Å². The van der Waals surface area contributed by atoms with Crippen molar-refractivity contribution in [2.75, 3.05) is 0 Å². The number of carbonyl (C=O) groups is 1. The Bertz CT molecular complexity index is 886. The lowest BCUT2D eigenvalue weighted by Gasteiger charge is -2.20. The molecule has 5 nitrogen and oxygen atoms in total. The Hall–Kier alpha value is -2.73. The average Bonchev–Trinajstić information content (AvgIpc) is 3.03. The van der Waals surface area contributed by atoms with Crippen molar-refractivity contribution < 1.29 is 4.79 Å². The summed E-state index contributed by atoms with van der Waals surface area (Å²) in [6.45, 7) is 2.18. The maximum absolute atomic E-state index is 12.6. The van der Waals surface area contributed by atoms with Crippen molar-refractivity contribution in [3.05, 3.63) is 86.7 Å². The van der Waals surface area contributed by atoms with Crippen LogP contribution >= 0.6 is 11.3 Å². The van der Waals surface area contributed by atoms with Gasteiger partial charge in [0, 0.05) is 12.3 Å². The van der Waals surface area contributed by atoms with E-state index in [2.05, 4.69) is 10.3 Å². The summed E-state index contributed by atoms with van der Waals surface area (Å²) in [6.07, 6.45) is 1.72. The van der Waals surface area contributed by atoms with E-state index in [1.54, 1.807) is 28.4 Å². The summed E-state index contributed by atoms with van der Waals surface area (Å²) in [7, 11) is 0. The van der Waals surface area contributed by atoms with Crippen molar-refractivity contribution >= 4 is 17.2 Å². The van der Waals surface area contributed by atoms with E-state index in [1.165, 1.54) is 17.4 Å². The number of amides is 1. The van der Waals surface area contributed by atoms with Crippen molar-refractivity contribution in [3.8, 4) is 0 Å². The number of aromatic nitrogens is 2. The van der Waals surface area contributed by atoms with E-state index in [9.17, 15) is 9.59 Å². The largest absolute Gasteiger partial charge is 0.343 e. The zero-order valence-corrected chi connectivity index (χ0v) is 14.0. The van der Waals surface area contributed by atoms with Gasteiger partial charge < -0.3 is 9.88 Å². The molecule has 0 saturated carbocycles. The first-order chi connectivity index (χ1) is 11.6. The molecule has 0 fully saturated rings. The minimum Gasteiger partial charge on any atom is -0.343 e. The lowest BCUT2D eigenvalue weighted by Crippen LogP contribution is -2.33. The highest BCUT2D eigenvalue weighted by Crippen LogP contribution is 2.18. The van der Waals surface area contributed by atoms with Crippen molar-refractivity contribution in [1.82, 2.24) is 14.9 Å². The number of hydrogen-bond donors (Lipinski definition) is 1. The van der Waals surface area contributed by atoms with Crippen molar-refractivity contribution in [2.24, 2.45) is 0 Å². The summed E-state index contributed by atoms with van der Waals surface area (Å²) in [5.74, 6) is -0.173. The Kier molecular flexibility index (Phi) is 4.86. The predicted octanol–water partition coefficient (Wildman–Crippen LogP) is 2.78. The van der Waals surface area contributed by atoms with Gasteiger partial charge in [0.2, 0.25) is 0 Å². The van der Waals surface area contributed by atoms with E-state index in [-0.39, 0.29) is 17.5 Å². The van der Waals surface area contributed by atoms with Crippen LogP contribution in [0, 0.1) is 6.92 Å². The molecule has 2 heterocycles. The third-order valence-electron chi connectivity index (χ3n) is 3.74. The molecule has 1 atom stereocenters. The van der Waals surface area contributed by atoms with Gasteiger partial charge >= 0.3 is 0 Å². The topological polar surface area (TPSA) is 64.0 Å². The molecule has 1 amide bonds. The fourth-order valence-corrected chi connectivity index (χ4v) is 3.18. The third-order valence-corrected chi connectivity index (χ3v) is 4.66. The molecule has 0 bridgehead atoms. The average molecular weight is 339 g/mol. The Balaban J connectivity index is 1.88. The fraction of sp³-hybridized carbons (Fsp3) is 0.167. The lowest BCUT2D eigenvalue weighted by atomic mass is 10.1. The second-order valence-electron chi connectivity index (χ2n) is 5.39. The van der Waals surface area contributed by atoms with Crippen LogP contribution in [0.4, 0.5) is 0 Å². The molecule has 6 heteroatoms. The van der Waals surface area contributed by atoms with Crippen LogP contribution in [0.1, 0.15) is 27.0 Å². The number of hydrogen-bond acceptors (Lipinski definition) is 4. The van der Waals surface area contributed by atoms with E-state index in [4.69, 9.17) is 0 Å². The maximum Gasteiger partial charge on any atom is 0.263 e. The number of benzene rings is 1. The van der Waals surface area contributed by atoms with Crippen LogP contribution in [0.2, 0.25) is 0 Å². The summed E-state index contributed by atoms with van der Waals surface area (Å²) >= 11 is 1.31. The maximum atomic E-state index is 12.6. The highest BCUT2D eigenvalue weighted by atomic mass is 32.1. The highest BCUT2D eigenvalue weighted by molar-refractivity contribution is 7.11. The third kappa shape index (κ3) is 3.60. The van der Waals surface area contributed by atoms with Gasteiger partial charge in [0.15, 0.2) is 0 Å². The molecule has 0 radical (unpaired) electrons. The van der Waals surface area contributed by atoms with E-state index < -0.39 is 0 Å². The Labute approximate surface area is 143 Å². The molecule has 1 aromatic carbocycles. The van der Waals surface area contributed by atoms with Crippen LogP contribution in [-0.4, -0.2) is 15.5 Å². The van der Waals surface area contributed by atoms with Gasteiger partial charge in [0.05, 0.1) is 23.8 Å². The molecule has 1 N–H and O–H groups in total. The van der Waals surface area contributed by atoms with Gasteiger partial charge in [-0.05, 0) is 18.6 Å². The molecule has 1 unspecified atom stereocenters. The van der Waals surface area contributed by atoms with E-state index in [0.29, 0.717) is 17.1 Å². The van der Waals surface area contributed by atoms with Gasteiger partial charge in [-0.1, -0.05) is 36.4 Å². The van der Waals surface area contributed by atoms with E-state index >= 15 is 0 Å². The van der Waals surface area contributed by atoms with Gasteiger partial charge in [-0.2, -0.15) is 0 Å². The Morgan fingerprint density at radius 3 is 2.62 bits per heavy atom. The van der Waals surface area contributed by atoms with Gasteiger partial charge in [-0.3, -0.25) is 9.59 Å². The van der Waals surface area contributed by atoms with Crippen molar-refractivity contribution in [2.45, 2.75) is 19.5 Å².